The molecule has 3 aromatic rings. The third kappa shape index (κ3) is 5.55. The van der Waals surface area contributed by atoms with Gasteiger partial charge in [-0.1, -0.05) is 37.3 Å². The molecule has 31 heavy (non-hydrogen) atoms. The standard InChI is InChI=1S/C24H25BrN2O4/c1-4-20(31-22-12-10-16-8-6-7-9-19(16)23(22)25)24(28)27-26-15-17-14-18(29-3)11-13-21(17)30-5-2/h6-15,20H,4-5H2,1-3H3,(H,27,28)/b26-15+. The lowest BCUT2D eigenvalue weighted by molar-refractivity contribution is -0.128. The minimum absolute atomic E-state index is 0.334. The number of halogens is 1. The second-order valence-electron chi connectivity index (χ2n) is 6.68. The van der Waals surface area contributed by atoms with Crippen LogP contribution in [-0.4, -0.2) is 31.9 Å². The Morgan fingerprint density at radius 2 is 1.90 bits per heavy atom. The van der Waals surface area contributed by atoms with Gasteiger partial charge in [0.05, 0.1) is 24.4 Å². The summed E-state index contributed by atoms with van der Waals surface area (Å²) in [5, 5.41) is 6.20. The van der Waals surface area contributed by atoms with E-state index in [1.807, 2.05) is 56.3 Å². The monoisotopic (exact) mass is 484 g/mol. The fraction of sp³-hybridized carbons (Fsp3) is 0.250. The van der Waals surface area contributed by atoms with Crippen LogP contribution in [0.4, 0.5) is 0 Å². The van der Waals surface area contributed by atoms with Crippen molar-refractivity contribution in [1.82, 2.24) is 5.43 Å². The summed E-state index contributed by atoms with van der Waals surface area (Å²) in [5.41, 5.74) is 3.26. The second kappa shape index (κ2) is 10.8. The Kier molecular flexibility index (Phi) is 7.89. The van der Waals surface area contributed by atoms with E-state index in [0.29, 0.717) is 35.8 Å². The fourth-order valence-corrected chi connectivity index (χ4v) is 3.65. The average Bonchev–Trinajstić information content (AvgIpc) is 2.80. The van der Waals surface area contributed by atoms with Gasteiger partial charge in [-0.05, 0) is 64.3 Å². The van der Waals surface area contributed by atoms with Gasteiger partial charge in [0.1, 0.15) is 17.2 Å². The number of nitrogens with one attached hydrogen (secondary N) is 1. The number of rotatable bonds is 9. The summed E-state index contributed by atoms with van der Waals surface area (Å²) in [6, 6.07) is 17.2. The number of ether oxygens (including phenoxy) is 3. The van der Waals surface area contributed by atoms with E-state index >= 15 is 0 Å². The van der Waals surface area contributed by atoms with E-state index in [2.05, 4.69) is 26.5 Å². The van der Waals surface area contributed by atoms with Crippen molar-refractivity contribution in [2.75, 3.05) is 13.7 Å². The Balaban J connectivity index is 1.71. The average molecular weight is 485 g/mol. The molecule has 0 fully saturated rings. The van der Waals surface area contributed by atoms with E-state index < -0.39 is 6.10 Å². The van der Waals surface area contributed by atoms with Crippen molar-refractivity contribution in [3.63, 3.8) is 0 Å². The summed E-state index contributed by atoms with van der Waals surface area (Å²) < 4.78 is 17.7. The number of nitrogens with zero attached hydrogens (tertiary/aromatic N) is 1. The van der Waals surface area contributed by atoms with Crippen molar-refractivity contribution >= 4 is 38.8 Å². The van der Waals surface area contributed by atoms with E-state index in [0.717, 1.165) is 15.2 Å². The normalized spacial score (nSPS) is 12.0. The lowest BCUT2D eigenvalue weighted by Crippen LogP contribution is -2.35. The molecule has 0 aromatic heterocycles. The molecule has 6 nitrogen and oxygen atoms in total. The molecule has 7 heteroatoms. The second-order valence-corrected chi connectivity index (χ2v) is 7.48. The minimum atomic E-state index is -0.689. The first-order valence-corrected chi connectivity index (χ1v) is 10.8. The molecular formula is C24H25BrN2O4. The van der Waals surface area contributed by atoms with Gasteiger partial charge in [-0.25, -0.2) is 5.43 Å². The lowest BCUT2D eigenvalue weighted by atomic mass is 10.1. The molecule has 0 spiro atoms. The summed E-state index contributed by atoms with van der Waals surface area (Å²) in [6.45, 7) is 4.31. The molecule has 0 saturated heterocycles. The van der Waals surface area contributed by atoms with Crippen LogP contribution in [0.5, 0.6) is 17.2 Å². The molecule has 3 rings (SSSR count). The van der Waals surface area contributed by atoms with Crippen LogP contribution in [0.25, 0.3) is 10.8 Å². The maximum Gasteiger partial charge on any atom is 0.281 e. The van der Waals surface area contributed by atoms with Crippen LogP contribution in [0.15, 0.2) is 64.2 Å². The summed E-state index contributed by atoms with van der Waals surface area (Å²) in [5.74, 6) is 1.60. The van der Waals surface area contributed by atoms with Crippen LogP contribution in [0.3, 0.4) is 0 Å². The van der Waals surface area contributed by atoms with Crippen molar-refractivity contribution in [1.29, 1.82) is 0 Å². The van der Waals surface area contributed by atoms with Gasteiger partial charge < -0.3 is 14.2 Å². The predicted molar refractivity (Wildman–Crippen MR) is 126 cm³/mol. The van der Waals surface area contributed by atoms with Crippen molar-refractivity contribution in [2.24, 2.45) is 5.10 Å². The Morgan fingerprint density at radius 1 is 1.13 bits per heavy atom. The number of carbonyl (C=O) groups is 1. The van der Waals surface area contributed by atoms with E-state index in [4.69, 9.17) is 14.2 Å². The van der Waals surface area contributed by atoms with Crippen LogP contribution in [0, 0.1) is 0 Å². The molecule has 3 aromatic carbocycles. The van der Waals surface area contributed by atoms with Crippen LogP contribution < -0.4 is 19.6 Å². The minimum Gasteiger partial charge on any atom is -0.497 e. The molecule has 1 N–H and O–H groups in total. The molecule has 0 radical (unpaired) electrons. The van der Waals surface area contributed by atoms with Gasteiger partial charge in [0.25, 0.3) is 5.91 Å². The molecule has 0 saturated carbocycles. The molecule has 162 valence electrons. The van der Waals surface area contributed by atoms with E-state index in [-0.39, 0.29) is 5.91 Å². The van der Waals surface area contributed by atoms with Crippen LogP contribution >= 0.6 is 15.9 Å². The zero-order valence-corrected chi connectivity index (χ0v) is 19.3. The van der Waals surface area contributed by atoms with E-state index in [9.17, 15) is 4.79 Å². The maximum atomic E-state index is 12.7. The van der Waals surface area contributed by atoms with Gasteiger partial charge in [0, 0.05) is 5.56 Å². The first kappa shape index (κ1) is 22.6. The molecule has 0 heterocycles. The highest BCUT2D eigenvalue weighted by atomic mass is 79.9. The quantitative estimate of drug-likeness (QED) is 0.329. The van der Waals surface area contributed by atoms with Gasteiger partial charge in [0.15, 0.2) is 6.10 Å². The molecule has 0 bridgehead atoms. The van der Waals surface area contributed by atoms with Crippen molar-refractivity contribution in [3.05, 3.63) is 64.6 Å². The Bertz CT molecular complexity index is 1080. The molecule has 0 aliphatic rings. The van der Waals surface area contributed by atoms with Gasteiger partial charge in [-0.2, -0.15) is 5.10 Å². The third-order valence-corrected chi connectivity index (χ3v) is 5.47. The molecule has 1 unspecified atom stereocenters. The number of hydrazone groups is 1. The lowest BCUT2D eigenvalue weighted by Gasteiger charge is -2.17. The van der Waals surface area contributed by atoms with Crippen LogP contribution in [0.1, 0.15) is 25.8 Å². The first-order valence-electron chi connectivity index (χ1n) is 10.0. The number of benzene rings is 3. The zero-order chi connectivity index (χ0) is 22.2. The number of carbonyl (C=O) groups excluding carboxylic acids is 1. The number of methoxy groups -OCH3 is 1. The Labute approximate surface area is 190 Å². The highest BCUT2D eigenvalue weighted by molar-refractivity contribution is 9.10. The topological polar surface area (TPSA) is 69.2 Å². The SMILES string of the molecule is CCOc1ccc(OC)cc1/C=N/NC(=O)C(CC)Oc1ccc2ccccc2c1Br. The summed E-state index contributed by atoms with van der Waals surface area (Å²) in [7, 11) is 1.59. The number of hydrogen-bond acceptors (Lipinski definition) is 5. The van der Waals surface area contributed by atoms with Crippen molar-refractivity contribution in [3.8, 4) is 17.2 Å². The first-order chi connectivity index (χ1) is 15.1. The molecule has 1 amide bonds. The molecule has 1 atom stereocenters. The molecular weight excluding hydrogens is 460 g/mol. The predicted octanol–water partition coefficient (Wildman–Crippen LogP) is 5.32. The zero-order valence-electron chi connectivity index (χ0n) is 17.7. The smallest absolute Gasteiger partial charge is 0.281 e. The van der Waals surface area contributed by atoms with E-state index in [1.54, 1.807) is 19.2 Å². The fourth-order valence-electron chi connectivity index (χ4n) is 3.06. The molecule has 0 aliphatic carbocycles. The van der Waals surface area contributed by atoms with E-state index in [1.165, 1.54) is 6.21 Å². The van der Waals surface area contributed by atoms with Crippen molar-refractivity contribution < 1.29 is 19.0 Å². The summed E-state index contributed by atoms with van der Waals surface area (Å²) >= 11 is 3.60. The summed E-state index contributed by atoms with van der Waals surface area (Å²) in [6.07, 6.45) is 1.33. The van der Waals surface area contributed by atoms with Crippen LogP contribution in [-0.2, 0) is 4.79 Å². The van der Waals surface area contributed by atoms with Crippen molar-refractivity contribution in [2.45, 2.75) is 26.4 Å². The van der Waals surface area contributed by atoms with Gasteiger partial charge >= 0.3 is 0 Å². The van der Waals surface area contributed by atoms with Crippen LogP contribution in [0.2, 0.25) is 0 Å². The largest absolute Gasteiger partial charge is 0.497 e. The number of hydrogen-bond donors (Lipinski definition) is 1. The van der Waals surface area contributed by atoms with Gasteiger partial charge in [0.2, 0.25) is 0 Å². The third-order valence-electron chi connectivity index (χ3n) is 4.66. The number of fused-ring (bicyclic) bond motifs is 1. The van der Waals surface area contributed by atoms with Gasteiger partial charge in [-0.3, -0.25) is 4.79 Å². The highest BCUT2D eigenvalue weighted by Gasteiger charge is 2.20. The Morgan fingerprint density at radius 3 is 2.65 bits per heavy atom. The highest BCUT2D eigenvalue weighted by Crippen LogP contribution is 2.33. The Hall–Kier alpha value is -3.06. The van der Waals surface area contributed by atoms with Gasteiger partial charge in [-0.15, -0.1) is 0 Å². The summed E-state index contributed by atoms with van der Waals surface area (Å²) in [4.78, 5) is 12.7. The molecule has 0 aliphatic heterocycles. The maximum absolute atomic E-state index is 12.7. The number of amides is 1.